The normalized spacial score (nSPS) is 17.8. The van der Waals surface area contributed by atoms with Crippen LogP contribution in [0.3, 0.4) is 0 Å². The van der Waals surface area contributed by atoms with E-state index in [1.165, 1.54) is 0 Å². The third kappa shape index (κ3) is 3.28. The Morgan fingerprint density at radius 3 is 3.00 bits per heavy atom. The Labute approximate surface area is 142 Å². The first kappa shape index (κ1) is 16.5. The molecule has 1 fully saturated rings. The number of benzene rings is 1. The molecule has 128 valence electrons. The van der Waals surface area contributed by atoms with Gasteiger partial charge >= 0.3 is 0 Å². The molecule has 1 aromatic carbocycles. The summed E-state index contributed by atoms with van der Waals surface area (Å²) in [5, 5.41) is 7.79. The summed E-state index contributed by atoms with van der Waals surface area (Å²) in [5.74, 6) is 0.780. The van der Waals surface area contributed by atoms with Gasteiger partial charge in [0.2, 0.25) is 0 Å². The fraction of sp³-hybridized carbons (Fsp3) is 0.444. The van der Waals surface area contributed by atoms with Crippen LogP contribution in [-0.2, 0) is 6.54 Å². The second-order valence-electron chi connectivity index (χ2n) is 5.92. The lowest BCUT2D eigenvalue weighted by molar-refractivity contribution is 0.0624. The highest BCUT2D eigenvalue weighted by Gasteiger charge is 2.31. The fourth-order valence-electron chi connectivity index (χ4n) is 3.14. The van der Waals surface area contributed by atoms with Crippen LogP contribution in [-0.4, -0.2) is 47.3 Å². The van der Waals surface area contributed by atoms with Gasteiger partial charge in [-0.3, -0.25) is 9.48 Å². The molecule has 1 aliphatic heterocycles. The van der Waals surface area contributed by atoms with Crippen molar-refractivity contribution in [3.63, 3.8) is 0 Å². The maximum absolute atomic E-state index is 13.0. The van der Waals surface area contributed by atoms with Gasteiger partial charge in [0.15, 0.2) is 0 Å². The van der Waals surface area contributed by atoms with Gasteiger partial charge in [-0.25, -0.2) is 0 Å². The molecule has 0 spiro atoms. The van der Waals surface area contributed by atoms with Crippen LogP contribution >= 0.6 is 0 Å². The zero-order chi connectivity index (χ0) is 16.9. The summed E-state index contributed by atoms with van der Waals surface area (Å²) in [6, 6.07) is 9.62. The van der Waals surface area contributed by atoms with Crippen LogP contribution in [0, 0.1) is 0 Å². The Hall–Kier alpha value is -2.34. The van der Waals surface area contributed by atoms with E-state index in [0.29, 0.717) is 18.8 Å². The standard InChI is InChI=1S/C18H24N4O2/c1-3-10-21-11-8-15(20-21)18(23)22-12-9-19-13-16(22)14-6-4-5-7-17(14)24-2/h4-8,11,16,19H,3,9-10,12-13H2,1-2H3/t16-/m1/s1. The molecule has 2 aromatic rings. The van der Waals surface area contributed by atoms with Crippen molar-refractivity contribution in [1.82, 2.24) is 20.0 Å². The number of aryl methyl sites for hydroxylation is 1. The van der Waals surface area contributed by atoms with Crippen molar-refractivity contribution in [3.8, 4) is 5.75 Å². The molecule has 6 heteroatoms. The number of hydrogen-bond acceptors (Lipinski definition) is 4. The van der Waals surface area contributed by atoms with Crippen LogP contribution in [0.2, 0.25) is 0 Å². The van der Waals surface area contributed by atoms with Crippen LogP contribution in [0.5, 0.6) is 5.75 Å². The Morgan fingerprint density at radius 1 is 1.38 bits per heavy atom. The van der Waals surface area contributed by atoms with Crippen LogP contribution in [0.15, 0.2) is 36.5 Å². The van der Waals surface area contributed by atoms with Crippen molar-refractivity contribution < 1.29 is 9.53 Å². The first-order chi connectivity index (χ1) is 11.7. The largest absolute Gasteiger partial charge is 0.496 e. The lowest BCUT2D eigenvalue weighted by atomic mass is 10.0. The molecule has 0 aliphatic carbocycles. The lowest BCUT2D eigenvalue weighted by Crippen LogP contribution is -2.48. The smallest absolute Gasteiger partial charge is 0.274 e. The number of ether oxygens (including phenoxy) is 1. The molecule has 2 heterocycles. The third-order valence-electron chi connectivity index (χ3n) is 4.31. The number of rotatable bonds is 5. The van der Waals surface area contributed by atoms with Gasteiger partial charge in [-0.05, 0) is 18.6 Å². The van der Waals surface area contributed by atoms with Crippen LogP contribution in [0.4, 0.5) is 0 Å². The molecule has 0 bridgehead atoms. The summed E-state index contributed by atoms with van der Waals surface area (Å²) < 4.78 is 7.31. The van der Waals surface area contributed by atoms with Gasteiger partial charge in [0.1, 0.15) is 11.4 Å². The molecule has 24 heavy (non-hydrogen) atoms. The number of amides is 1. The van der Waals surface area contributed by atoms with Crippen molar-refractivity contribution in [2.24, 2.45) is 0 Å². The van der Waals surface area contributed by atoms with Crippen LogP contribution < -0.4 is 10.1 Å². The highest BCUT2D eigenvalue weighted by atomic mass is 16.5. The van der Waals surface area contributed by atoms with Crippen molar-refractivity contribution in [2.45, 2.75) is 25.9 Å². The molecule has 1 saturated heterocycles. The SMILES string of the molecule is CCCn1ccc(C(=O)N2CCNC[C@@H]2c2ccccc2OC)n1. The molecule has 0 radical (unpaired) electrons. The Balaban J connectivity index is 1.87. The highest BCUT2D eigenvalue weighted by molar-refractivity contribution is 5.92. The minimum atomic E-state index is -0.0567. The quantitative estimate of drug-likeness (QED) is 0.913. The lowest BCUT2D eigenvalue weighted by Gasteiger charge is -2.36. The second kappa shape index (κ2) is 7.49. The van der Waals surface area contributed by atoms with E-state index < -0.39 is 0 Å². The molecule has 3 rings (SSSR count). The van der Waals surface area contributed by atoms with E-state index in [2.05, 4.69) is 17.3 Å². The average Bonchev–Trinajstić information content (AvgIpc) is 3.10. The summed E-state index contributed by atoms with van der Waals surface area (Å²) in [5.41, 5.74) is 1.53. The zero-order valence-electron chi connectivity index (χ0n) is 14.2. The van der Waals surface area contributed by atoms with Crippen molar-refractivity contribution >= 4 is 5.91 Å². The molecule has 1 N–H and O–H groups in total. The van der Waals surface area contributed by atoms with Crippen molar-refractivity contribution in [1.29, 1.82) is 0 Å². The van der Waals surface area contributed by atoms with Gasteiger partial charge in [-0.15, -0.1) is 0 Å². The van der Waals surface area contributed by atoms with E-state index in [4.69, 9.17) is 4.74 Å². The number of hydrogen-bond donors (Lipinski definition) is 1. The molecule has 1 aliphatic rings. The number of piperazine rings is 1. The third-order valence-corrected chi connectivity index (χ3v) is 4.31. The molecule has 1 amide bonds. The Morgan fingerprint density at radius 2 is 2.21 bits per heavy atom. The average molecular weight is 328 g/mol. The molecule has 1 atom stereocenters. The number of carbonyl (C=O) groups is 1. The highest BCUT2D eigenvalue weighted by Crippen LogP contribution is 2.30. The number of para-hydroxylation sites is 1. The van der Waals surface area contributed by atoms with E-state index in [1.807, 2.05) is 40.0 Å². The van der Waals surface area contributed by atoms with Gasteiger partial charge in [0.25, 0.3) is 5.91 Å². The predicted molar refractivity (Wildman–Crippen MR) is 92.2 cm³/mol. The van der Waals surface area contributed by atoms with Gasteiger partial charge < -0.3 is 15.0 Å². The summed E-state index contributed by atoms with van der Waals surface area (Å²) in [4.78, 5) is 14.9. The first-order valence-corrected chi connectivity index (χ1v) is 8.42. The summed E-state index contributed by atoms with van der Waals surface area (Å²) in [7, 11) is 1.66. The number of aromatic nitrogens is 2. The second-order valence-corrected chi connectivity index (χ2v) is 5.92. The van der Waals surface area contributed by atoms with Crippen molar-refractivity contribution in [2.75, 3.05) is 26.7 Å². The molecule has 0 saturated carbocycles. The fourth-order valence-corrected chi connectivity index (χ4v) is 3.14. The van der Waals surface area contributed by atoms with E-state index in [1.54, 1.807) is 13.2 Å². The zero-order valence-corrected chi connectivity index (χ0v) is 14.2. The monoisotopic (exact) mass is 328 g/mol. The minimum absolute atomic E-state index is 0.0257. The number of nitrogens with one attached hydrogen (secondary N) is 1. The maximum atomic E-state index is 13.0. The minimum Gasteiger partial charge on any atom is -0.496 e. The van der Waals surface area contributed by atoms with Crippen LogP contribution in [0.1, 0.15) is 35.4 Å². The first-order valence-electron chi connectivity index (χ1n) is 8.42. The van der Waals surface area contributed by atoms with Gasteiger partial charge in [0, 0.05) is 37.9 Å². The van der Waals surface area contributed by atoms with Crippen molar-refractivity contribution in [3.05, 3.63) is 47.8 Å². The molecule has 1 aromatic heterocycles. The summed E-state index contributed by atoms with van der Waals surface area (Å²) in [6.07, 6.45) is 2.86. The Bertz CT molecular complexity index is 698. The number of carbonyl (C=O) groups excluding carboxylic acids is 1. The summed E-state index contributed by atoms with van der Waals surface area (Å²) >= 11 is 0. The number of methoxy groups -OCH3 is 1. The van der Waals surface area contributed by atoms with Gasteiger partial charge in [-0.1, -0.05) is 25.1 Å². The molecular formula is C18H24N4O2. The van der Waals surface area contributed by atoms with Gasteiger partial charge in [-0.2, -0.15) is 5.10 Å². The summed E-state index contributed by atoms with van der Waals surface area (Å²) in [6.45, 7) is 5.07. The topological polar surface area (TPSA) is 59.4 Å². The molecular weight excluding hydrogens is 304 g/mol. The van der Waals surface area contributed by atoms with Crippen LogP contribution in [0.25, 0.3) is 0 Å². The maximum Gasteiger partial charge on any atom is 0.274 e. The predicted octanol–water partition coefficient (Wildman–Crippen LogP) is 2.09. The Kier molecular flexibility index (Phi) is 5.15. The van der Waals surface area contributed by atoms with E-state index >= 15 is 0 Å². The van der Waals surface area contributed by atoms with E-state index in [-0.39, 0.29) is 11.9 Å². The molecule has 0 unspecified atom stereocenters. The van der Waals surface area contributed by atoms with E-state index in [9.17, 15) is 4.79 Å². The van der Waals surface area contributed by atoms with E-state index in [0.717, 1.165) is 30.8 Å². The number of nitrogens with zero attached hydrogens (tertiary/aromatic N) is 3. The molecule has 6 nitrogen and oxygen atoms in total. The van der Waals surface area contributed by atoms with Gasteiger partial charge in [0.05, 0.1) is 13.2 Å².